The van der Waals surface area contributed by atoms with Crippen LogP contribution in [0.1, 0.15) is 53.5 Å². The molecule has 46 heavy (non-hydrogen) atoms. The van der Waals surface area contributed by atoms with Gasteiger partial charge in [0.05, 0.1) is 11.6 Å². The van der Waals surface area contributed by atoms with Crippen LogP contribution in [0.3, 0.4) is 0 Å². The molecule has 0 saturated carbocycles. The number of benzene rings is 2. The molecule has 0 saturated heterocycles. The number of thiazole rings is 1. The maximum Gasteiger partial charge on any atom is 0.430 e. The first-order chi connectivity index (χ1) is 21.4. The standard InChI is InChI=1S/C31H34F3N3O7S2/c1-30(2,3)43-28(38)36-13-7-8-21(19-9-11-20(32)12-10-19)24(36)16-42-25-14-23(34)26(15-22(25)33)46(40,41)37(27-17-45-18-35-27)29(39)44-31(4,5)6/h8-12,14-15,17-18,24H,7,13,16H2,1-6H3. The number of hydrogen-bond donors (Lipinski definition) is 0. The predicted molar refractivity (Wildman–Crippen MR) is 166 cm³/mol. The minimum Gasteiger partial charge on any atom is -0.488 e. The van der Waals surface area contributed by atoms with Crippen molar-refractivity contribution >= 4 is 44.9 Å². The van der Waals surface area contributed by atoms with Crippen LogP contribution in [0, 0.1) is 17.5 Å². The van der Waals surface area contributed by atoms with Crippen molar-refractivity contribution in [3.05, 3.63) is 76.4 Å². The molecule has 0 spiro atoms. The second kappa shape index (κ2) is 13.3. The van der Waals surface area contributed by atoms with E-state index in [0.29, 0.717) is 29.7 Å². The van der Waals surface area contributed by atoms with Gasteiger partial charge < -0.3 is 14.2 Å². The molecular formula is C31H34F3N3O7S2. The number of ether oxygens (including phenoxy) is 3. The van der Waals surface area contributed by atoms with Crippen LogP contribution in [0.25, 0.3) is 5.57 Å². The molecule has 0 bridgehead atoms. The Balaban J connectivity index is 1.67. The highest BCUT2D eigenvalue weighted by atomic mass is 32.2. The van der Waals surface area contributed by atoms with Crippen molar-refractivity contribution in [2.45, 2.75) is 70.1 Å². The summed E-state index contributed by atoms with van der Waals surface area (Å²) in [5.74, 6) is -4.15. The van der Waals surface area contributed by atoms with E-state index >= 15 is 8.78 Å². The summed E-state index contributed by atoms with van der Waals surface area (Å²) in [6, 6.07) is 5.61. The molecule has 1 aliphatic heterocycles. The summed E-state index contributed by atoms with van der Waals surface area (Å²) in [6.45, 7) is 9.45. The van der Waals surface area contributed by atoms with E-state index < -0.39 is 74.2 Å². The van der Waals surface area contributed by atoms with E-state index in [1.165, 1.54) is 60.8 Å². The van der Waals surface area contributed by atoms with Crippen molar-refractivity contribution in [3.8, 4) is 5.75 Å². The van der Waals surface area contributed by atoms with E-state index in [1.54, 1.807) is 20.8 Å². The van der Waals surface area contributed by atoms with Gasteiger partial charge in [-0.1, -0.05) is 18.2 Å². The molecule has 0 N–H and O–H groups in total. The molecule has 0 radical (unpaired) electrons. The largest absolute Gasteiger partial charge is 0.488 e. The third-order valence-corrected chi connectivity index (χ3v) is 8.62. The van der Waals surface area contributed by atoms with Gasteiger partial charge in [0.15, 0.2) is 17.4 Å². The summed E-state index contributed by atoms with van der Waals surface area (Å²) < 4.78 is 88.4. The third-order valence-electron chi connectivity index (χ3n) is 6.36. The van der Waals surface area contributed by atoms with Crippen LogP contribution in [0.5, 0.6) is 5.75 Å². The van der Waals surface area contributed by atoms with Gasteiger partial charge in [-0.15, -0.1) is 15.6 Å². The van der Waals surface area contributed by atoms with Crippen LogP contribution in [0.4, 0.5) is 28.6 Å². The lowest BCUT2D eigenvalue weighted by molar-refractivity contribution is 0.0161. The molecular weight excluding hydrogens is 647 g/mol. The topological polar surface area (TPSA) is 115 Å². The number of anilines is 1. The minimum atomic E-state index is -5.06. The van der Waals surface area contributed by atoms with E-state index in [0.717, 1.165) is 11.3 Å². The molecule has 1 aromatic heterocycles. The van der Waals surface area contributed by atoms with E-state index in [4.69, 9.17) is 14.2 Å². The van der Waals surface area contributed by atoms with Gasteiger partial charge >= 0.3 is 12.2 Å². The van der Waals surface area contributed by atoms with E-state index in [-0.39, 0.29) is 16.7 Å². The van der Waals surface area contributed by atoms with Crippen LogP contribution in [0.15, 0.2) is 58.3 Å². The van der Waals surface area contributed by atoms with Crippen LogP contribution in [0.2, 0.25) is 0 Å². The molecule has 2 amide bonds. The minimum absolute atomic E-state index is 0.160. The fourth-order valence-corrected chi connectivity index (χ4v) is 6.42. The van der Waals surface area contributed by atoms with Gasteiger partial charge in [-0.2, -0.15) is 0 Å². The van der Waals surface area contributed by atoms with Gasteiger partial charge in [-0.05, 0) is 71.2 Å². The highest BCUT2D eigenvalue weighted by Crippen LogP contribution is 2.33. The normalized spacial score (nSPS) is 15.6. The Hall–Kier alpha value is -4.11. The summed E-state index contributed by atoms with van der Waals surface area (Å²) in [7, 11) is -5.06. The zero-order valence-corrected chi connectivity index (χ0v) is 27.7. The van der Waals surface area contributed by atoms with Gasteiger partial charge in [0, 0.05) is 24.1 Å². The first-order valence-electron chi connectivity index (χ1n) is 14.1. The van der Waals surface area contributed by atoms with Gasteiger partial charge in [-0.25, -0.2) is 36.2 Å². The molecule has 2 heterocycles. The Kier molecular flexibility index (Phi) is 10.1. The Morgan fingerprint density at radius 1 is 1.00 bits per heavy atom. The van der Waals surface area contributed by atoms with Crippen molar-refractivity contribution in [2.24, 2.45) is 0 Å². The summed E-state index contributed by atoms with van der Waals surface area (Å²) in [5, 5.41) is 1.24. The number of carbonyl (C=O) groups excluding carboxylic acids is 2. The molecule has 4 rings (SSSR count). The first kappa shape index (κ1) is 34.8. The number of sulfonamides is 1. The predicted octanol–water partition coefficient (Wildman–Crippen LogP) is 7.16. The molecule has 1 unspecified atom stereocenters. The molecule has 248 valence electrons. The smallest absolute Gasteiger partial charge is 0.430 e. The van der Waals surface area contributed by atoms with Gasteiger partial charge in [0.25, 0.3) is 10.0 Å². The molecule has 10 nitrogen and oxygen atoms in total. The van der Waals surface area contributed by atoms with Crippen LogP contribution >= 0.6 is 11.3 Å². The SMILES string of the molecule is CC(C)(C)OC(=O)N1CCC=C(c2ccc(F)cc2)C1COc1cc(F)c(S(=O)(=O)N(C(=O)OC(C)(C)C)c2cscn2)cc1F. The quantitative estimate of drug-likeness (QED) is 0.258. The second-order valence-electron chi connectivity index (χ2n) is 12.3. The lowest BCUT2D eigenvalue weighted by atomic mass is 9.93. The summed E-state index contributed by atoms with van der Waals surface area (Å²) in [6.07, 6.45) is 0.230. The fourth-order valence-electron chi connectivity index (χ4n) is 4.50. The molecule has 1 aliphatic rings. The van der Waals surface area contributed by atoms with Crippen molar-refractivity contribution in [1.29, 1.82) is 0 Å². The highest BCUT2D eigenvalue weighted by molar-refractivity contribution is 7.93. The molecule has 15 heteroatoms. The number of nitrogens with zero attached hydrogens (tertiary/aromatic N) is 3. The maximum atomic E-state index is 15.5. The van der Waals surface area contributed by atoms with E-state index in [1.807, 2.05) is 6.08 Å². The van der Waals surface area contributed by atoms with Crippen molar-refractivity contribution in [3.63, 3.8) is 0 Å². The molecule has 1 atom stereocenters. The first-order valence-corrected chi connectivity index (χ1v) is 16.5. The number of hydrogen-bond acceptors (Lipinski definition) is 9. The summed E-state index contributed by atoms with van der Waals surface area (Å²) in [5.41, 5.74) is 0.447. The lowest BCUT2D eigenvalue weighted by Crippen LogP contribution is -2.48. The van der Waals surface area contributed by atoms with E-state index in [9.17, 15) is 22.4 Å². The van der Waals surface area contributed by atoms with Crippen LogP contribution < -0.4 is 9.04 Å². The van der Waals surface area contributed by atoms with Crippen molar-refractivity contribution < 1.29 is 45.4 Å². The van der Waals surface area contributed by atoms with Gasteiger partial charge in [0.1, 0.15) is 34.3 Å². The summed E-state index contributed by atoms with van der Waals surface area (Å²) in [4.78, 5) is 30.2. The van der Waals surface area contributed by atoms with Crippen LogP contribution in [-0.2, 0) is 19.5 Å². The number of aromatic nitrogens is 1. The van der Waals surface area contributed by atoms with E-state index in [2.05, 4.69) is 4.98 Å². The van der Waals surface area contributed by atoms with Gasteiger partial charge in [-0.3, -0.25) is 4.90 Å². The number of rotatable bonds is 7. The molecule has 0 aliphatic carbocycles. The number of carbonyl (C=O) groups is 2. The molecule has 2 aromatic carbocycles. The average Bonchev–Trinajstić information content (AvgIpc) is 3.45. The Labute approximate surface area is 269 Å². The molecule has 0 fully saturated rings. The Bertz CT molecular complexity index is 1720. The van der Waals surface area contributed by atoms with Crippen molar-refractivity contribution in [2.75, 3.05) is 17.5 Å². The monoisotopic (exact) mass is 681 g/mol. The van der Waals surface area contributed by atoms with Crippen LogP contribution in [-0.4, -0.2) is 60.9 Å². The van der Waals surface area contributed by atoms with Crippen molar-refractivity contribution in [1.82, 2.24) is 9.88 Å². The Morgan fingerprint density at radius 2 is 1.65 bits per heavy atom. The zero-order chi connectivity index (χ0) is 34.0. The number of amides is 2. The lowest BCUT2D eigenvalue weighted by Gasteiger charge is -2.37. The fraction of sp³-hybridized carbons (Fsp3) is 0.387. The average molecular weight is 682 g/mol. The third kappa shape index (κ3) is 8.18. The van der Waals surface area contributed by atoms with Gasteiger partial charge in [0.2, 0.25) is 0 Å². The summed E-state index contributed by atoms with van der Waals surface area (Å²) >= 11 is 0.976. The second-order valence-corrected chi connectivity index (χ2v) is 14.7. The zero-order valence-electron chi connectivity index (χ0n) is 26.0. The highest BCUT2D eigenvalue weighted by Gasteiger charge is 2.39. The maximum absolute atomic E-state index is 15.5. The number of halogens is 3. The Morgan fingerprint density at radius 3 is 2.24 bits per heavy atom. The molecule has 3 aromatic rings.